The van der Waals surface area contributed by atoms with Crippen LogP contribution < -0.4 is 0 Å². The molecule has 4 aromatic rings. The van der Waals surface area contributed by atoms with E-state index < -0.39 is 0 Å². The van der Waals surface area contributed by atoms with Gasteiger partial charge in [0.25, 0.3) is 5.71 Å². The molecule has 0 aliphatic rings. The maximum absolute atomic E-state index is 5.43. The summed E-state index contributed by atoms with van der Waals surface area (Å²) in [6.45, 7) is 2.07. The third-order valence-electron chi connectivity index (χ3n) is 3.73. The van der Waals surface area contributed by atoms with Gasteiger partial charge in [-0.2, -0.15) is 0 Å². The molecule has 3 nitrogen and oxygen atoms in total. The van der Waals surface area contributed by atoms with Gasteiger partial charge in [-0.1, -0.05) is 65.3 Å². The zero-order chi connectivity index (χ0) is 14.9. The van der Waals surface area contributed by atoms with Crippen LogP contribution in [0.4, 0.5) is 0 Å². The molecule has 106 valence electrons. The van der Waals surface area contributed by atoms with Crippen molar-refractivity contribution in [2.75, 3.05) is 0 Å². The monoisotopic (exact) mass is 286 g/mol. The zero-order valence-corrected chi connectivity index (χ0v) is 12.2. The Morgan fingerprint density at radius 2 is 1.55 bits per heavy atom. The van der Waals surface area contributed by atoms with Crippen molar-refractivity contribution >= 4 is 11.1 Å². The molecule has 2 aromatic carbocycles. The summed E-state index contributed by atoms with van der Waals surface area (Å²) in [4.78, 5) is 4.59. The first-order valence-corrected chi connectivity index (χ1v) is 7.20. The quantitative estimate of drug-likeness (QED) is 0.528. The van der Waals surface area contributed by atoms with E-state index in [1.807, 2.05) is 42.5 Å². The molecule has 2 heterocycles. The summed E-state index contributed by atoms with van der Waals surface area (Å²) < 4.78 is 5.43. The van der Waals surface area contributed by atoms with Crippen molar-refractivity contribution in [3.05, 3.63) is 72.3 Å². The van der Waals surface area contributed by atoms with E-state index in [9.17, 15) is 0 Å². The van der Waals surface area contributed by atoms with Crippen molar-refractivity contribution in [2.45, 2.75) is 6.92 Å². The Bertz CT molecular complexity index is 925. The topological polar surface area (TPSA) is 38.9 Å². The maximum atomic E-state index is 5.43. The Hall–Kier alpha value is -2.94. The van der Waals surface area contributed by atoms with Gasteiger partial charge in [-0.25, -0.2) is 4.98 Å². The molecule has 0 atom stereocenters. The second-order valence-corrected chi connectivity index (χ2v) is 5.31. The highest BCUT2D eigenvalue weighted by molar-refractivity contribution is 5.90. The molecule has 0 aliphatic carbocycles. The molecule has 0 amide bonds. The number of rotatable bonds is 2. The molecule has 0 fully saturated rings. The first-order chi connectivity index (χ1) is 10.8. The third kappa shape index (κ3) is 2.17. The highest BCUT2D eigenvalue weighted by atomic mass is 16.5. The van der Waals surface area contributed by atoms with Crippen molar-refractivity contribution in [1.29, 1.82) is 0 Å². The molecule has 0 spiro atoms. The van der Waals surface area contributed by atoms with E-state index in [0.717, 1.165) is 27.9 Å². The van der Waals surface area contributed by atoms with Gasteiger partial charge in [-0.05, 0) is 19.1 Å². The van der Waals surface area contributed by atoms with Gasteiger partial charge in [0.15, 0.2) is 0 Å². The Kier molecular flexibility index (Phi) is 2.97. The normalized spacial score (nSPS) is 11.0. The lowest BCUT2D eigenvalue weighted by Crippen LogP contribution is -1.84. The minimum absolute atomic E-state index is 0.567. The molecule has 0 saturated carbocycles. The Morgan fingerprint density at radius 3 is 2.32 bits per heavy atom. The molecule has 0 saturated heterocycles. The van der Waals surface area contributed by atoms with Crippen LogP contribution in [-0.4, -0.2) is 10.1 Å². The molecular formula is C19H14N2O. The molecule has 0 N–H and O–H groups in total. The second kappa shape index (κ2) is 5.11. The van der Waals surface area contributed by atoms with Crippen molar-refractivity contribution in [2.24, 2.45) is 0 Å². The van der Waals surface area contributed by atoms with Crippen LogP contribution in [0.5, 0.6) is 0 Å². The molecule has 0 bridgehead atoms. The van der Waals surface area contributed by atoms with Gasteiger partial charge in [-0.15, -0.1) is 0 Å². The van der Waals surface area contributed by atoms with Gasteiger partial charge >= 0.3 is 0 Å². The van der Waals surface area contributed by atoms with E-state index in [1.165, 1.54) is 5.56 Å². The van der Waals surface area contributed by atoms with Gasteiger partial charge in [0.05, 0.1) is 11.1 Å². The number of pyridine rings is 1. The number of benzene rings is 2. The third-order valence-corrected chi connectivity index (χ3v) is 3.73. The standard InChI is InChI=1S/C19H14N2O/c1-13-7-9-14(10-8-13)17-12-11-16-18(21-22-19(16)20-17)15-5-3-2-4-6-15/h2-12H,1H3. The minimum atomic E-state index is 0.567. The number of hydrogen-bond donors (Lipinski definition) is 0. The predicted octanol–water partition coefficient (Wildman–Crippen LogP) is 4.87. The van der Waals surface area contributed by atoms with Gasteiger partial charge < -0.3 is 4.52 Å². The average Bonchev–Trinajstić information content (AvgIpc) is 2.99. The fraction of sp³-hybridized carbons (Fsp3) is 0.0526. The van der Waals surface area contributed by atoms with E-state index in [-0.39, 0.29) is 0 Å². The molecule has 2 aromatic heterocycles. The van der Waals surface area contributed by atoms with Crippen LogP contribution in [0.2, 0.25) is 0 Å². The molecule has 0 radical (unpaired) electrons. The van der Waals surface area contributed by atoms with Crippen molar-refractivity contribution in [3.8, 4) is 22.5 Å². The minimum Gasteiger partial charge on any atom is -0.335 e. The number of fused-ring (bicyclic) bond motifs is 1. The summed E-state index contributed by atoms with van der Waals surface area (Å²) in [6.07, 6.45) is 0. The molecule has 4 rings (SSSR count). The summed E-state index contributed by atoms with van der Waals surface area (Å²) in [6, 6.07) is 22.3. The van der Waals surface area contributed by atoms with Crippen LogP contribution >= 0.6 is 0 Å². The Balaban J connectivity index is 1.82. The summed E-state index contributed by atoms with van der Waals surface area (Å²) in [5.74, 6) is 0. The highest BCUT2D eigenvalue weighted by Crippen LogP contribution is 2.29. The first kappa shape index (κ1) is 12.8. The maximum Gasteiger partial charge on any atom is 0.258 e. The van der Waals surface area contributed by atoms with Crippen LogP contribution in [-0.2, 0) is 0 Å². The van der Waals surface area contributed by atoms with Crippen molar-refractivity contribution < 1.29 is 4.52 Å². The predicted molar refractivity (Wildman–Crippen MR) is 87.4 cm³/mol. The summed E-state index contributed by atoms with van der Waals surface area (Å²) in [5.41, 5.74) is 5.63. The molecule has 0 unspecified atom stereocenters. The number of nitrogens with zero attached hydrogens (tertiary/aromatic N) is 2. The lowest BCUT2D eigenvalue weighted by atomic mass is 10.1. The lowest BCUT2D eigenvalue weighted by molar-refractivity contribution is 0.452. The summed E-state index contributed by atoms with van der Waals surface area (Å²) in [5, 5.41) is 5.11. The Morgan fingerprint density at radius 1 is 0.773 bits per heavy atom. The van der Waals surface area contributed by atoms with Crippen LogP contribution in [0, 0.1) is 6.92 Å². The fourth-order valence-corrected chi connectivity index (χ4v) is 2.52. The van der Waals surface area contributed by atoms with Gasteiger partial charge in [0.2, 0.25) is 0 Å². The Labute approximate surface area is 128 Å². The molecule has 3 heteroatoms. The first-order valence-electron chi connectivity index (χ1n) is 7.20. The van der Waals surface area contributed by atoms with Crippen LogP contribution in [0.1, 0.15) is 5.56 Å². The lowest BCUT2D eigenvalue weighted by Gasteiger charge is -2.01. The van der Waals surface area contributed by atoms with E-state index in [4.69, 9.17) is 4.52 Å². The SMILES string of the molecule is Cc1ccc(-c2ccc3c(-c4ccccc4)noc3n2)cc1. The van der Waals surface area contributed by atoms with Crippen LogP contribution in [0.15, 0.2) is 71.3 Å². The van der Waals surface area contributed by atoms with E-state index >= 15 is 0 Å². The molecule has 0 aliphatic heterocycles. The average molecular weight is 286 g/mol. The van der Waals surface area contributed by atoms with Gasteiger partial charge in [0.1, 0.15) is 5.69 Å². The van der Waals surface area contributed by atoms with Crippen LogP contribution in [0.3, 0.4) is 0 Å². The van der Waals surface area contributed by atoms with E-state index in [1.54, 1.807) is 0 Å². The molecule has 22 heavy (non-hydrogen) atoms. The van der Waals surface area contributed by atoms with Gasteiger partial charge in [-0.3, -0.25) is 0 Å². The van der Waals surface area contributed by atoms with Crippen LogP contribution in [0.25, 0.3) is 33.6 Å². The summed E-state index contributed by atoms with van der Waals surface area (Å²) >= 11 is 0. The largest absolute Gasteiger partial charge is 0.335 e. The van der Waals surface area contributed by atoms with E-state index in [0.29, 0.717) is 5.71 Å². The van der Waals surface area contributed by atoms with Crippen molar-refractivity contribution in [3.63, 3.8) is 0 Å². The summed E-state index contributed by atoms with van der Waals surface area (Å²) in [7, 11) is 0. The highest BCUT2D eigenvalue weighted by Gasteiger charge is 2.12. The number of aryl methyl sites for hydroxylation is 1. The van der Waals surface area contributed by atoms with Crippen molar-refractivity contribution in [1.82, 2.24) is 10.1 Å². The number of aromatic nitrogens is 2. The smallest absolute Gasteiger partial charge is 0.258 e. The second-order valence-electron chi connectivity index (χ2n) is 5.31. The number of hydrogen-bond acceptors (Lipinski definition) is 3. The molecular weight excluding hydrogens is 272 g/mol. The van der Waals surface area contributed by atoms with E-state index in [2.05, 4.69) is 41.3 Å². The zero-order valence-electron chi connectivity index (χ0n) is 12.2. The fourth-order valence-electron chi connectivity index (χ4n) is 2.52. The van der Waals surface area contributed by atoms with Gasteiger partial charge in [0, 0.05) is 11.1 Å².